The number of benzene rings is 12. The highest BCUT2D eigenvalue weighted by Gasteiger charge is 2.35. The van der Waals surface area contributed by atoms with Crippen molar-refractivity contribution >= 4 is 81.8 Å². The van der Waals surface area contributed by atoms with Crippen LogP contribution in [0.4, 0.5) is 5.69 Å². The van der Waals surface area contributed by atoms with Crippen molar-refractivity contribution in [1.82, 2.24) is 10.3 Å². The number of rotatable bonds is 7. The average Bonchev–Trinajstić information content (AvgIpc) is 3.86. The smallest absolute Gasteiger partial charge is 0.130 e. The summed E-state index contributed by atoms with van der Waals surface area (Å²) in [6.07, 6.45) is -0.140. The molecule has 1 atom stereocenters. The van der Waals surface area contributed by atoms with E-state index in [9.17, 15) is 0 Å². The van der Waals surface area contributed by atoms with Crippen LogP contribution in [-0.4, -0.2) is 4.98 Å². The molecule has 3 nitrogen and oxygen atoms in total. The van der Waals surface area contributed by atoms with Crippen LogP contribution in [0.15, 0.2) is 261 Å². The van der Waals surface area contributed by atoms with Gasteiger partial charge in [-0.05, 0) is 118 Å². The van der Waals surface area contributed by atoms with Gasteiger partial charge in [-0.1, -0.05) is 224 Å². The Bertz CT molecular complexity index is 4240. The van der Waals surface area contributed by atoms with Crippen LogP contribution in [0.3, 0.4) is 0 Å². The third kappa shape index (κ3) is 6.77. The summed E-state index contributed by atoms with van der Waals surface area (Å²) in [5, 5.41) is 17.3. The topological polar surface area (TPSA) is 28.2 Å². The average molecular weight is 904 g/mol. The zero-order valence-corrected chi connectivity index (χ0v) is 38.8. The molecule has 2 heterocycles. The van der Waals surface area contributed by atoms with Gasteiger partial charge < -0.3 is 10.2 Å². The molecule has 0 amide bonds. The molecule has 0 fully saturated rings. The van der Waals surface area contributed by atoms with Crippen LogP contribution >= 0.6 is 0 Å². The van der Waals surface area contributed by atoms with E-state index in [1.807, 2.05) is 0 Å². The fourth-order valence-electron chi connectivity index (χ4n) is 11.4. The monoisotopic (exact) mass is 903 g/mol. The first-order chi connectivity index (χ1) is 35.2. The number of hydrogen-bond donors (Lipinski definition) is 1. The van der Waals surface area contributed by atoms with E-state index in [-0.39, 0.29) is 6.17 Å². The van der Waals surface area contributed by atoms with Gasteiger partial charge in [-0.15, -0.1) is 0 Å². The van der Waals surface area contributed by atoms with Gasteiger partial charge in [-0.3, -0.25) is 0 Å². The van der Waals surface area contributed by atoms with Crippen molar-refractivity contribution in [3.8, 4) is 33.5 Å². The summed E-state index contributed by atoms with van der Waals surface area (Å²) >= 11 is 0. The van der Waals surface area contributed by atoms with Crippen LogP contribution in [0.25, 0.3) is 110 Å². The minimum absolute atomic E-state index is 0.140. The van der Waals surface area contributed by atoms with Gasteiger partial charge in [0.05, 0.1) is 22.6 Å². The summed E-state index contributed by atoms with van der Waals surface area (Å²) in [4.78, 5) is 8.18. The largest absolute Gasteiger partial charge is 0.359 e. The van der Waals surface area contributed by atoms with Gasteiger partial charge in [-0.25, -0.2) is 4.98 Å². The Hall–Kier alpha value is -9.31. The predicted molar refractivity (Wildman–Crippen MR) is 300 cm³/mol. The molecule has 0 spiro atoms. The molecule has 1 aliphatic rings. The summed E-state index contributed by atoms with van der Waals surface area (Å²) in [6.45, 7) is 0. The van der Waals surface area contributed by atoms with E-state index in [1.165, 1.54) is 70.7 Å². The Kier molecular flexibility index (Phi) is 9.60. The lowest BCUT2D eigenvalue weighted by Gasteiger charge is -2.30. The lowest BCUT2D eigenvalue weighted by Crippen LogP contribution is -2.28. The first-order valence-electron chi connectivity index (χ1n) is 24.5. The third-order valence-electron chi connectivity index (χ3n) is 14.6. The van der Waals surface area contributed by atoms with Crippen LogP contribution in [0.2, 0.25) is 0 Å². The molecule has 1 aliphatic heterocycles. The zero-order valence-electron chi connectivity index (χ0n) is 38.8. The Labute approximate surface area is 412 Å². The fourth-order valence-corrected chi connectivity index (χ4v) is 11.4. The van der Waals surface area contributed by atoms with Gasteiger partial charge in [0.1, 0.15) is 6.17 Å². The lowest BCUT2D eigenvalue weighted by molar-refractivity contribution is 0.679. The van der Waals surface area contributed by atoms with Crippen LogP contribution in [0.5, 0.6) is 0 Å². The minimum atomic E-state index is -0.140. The molecule has 13 aromatic rings. The second-order valence-electron chi connectivity index (χ2n) is 18.6. The summed E-state index contributed by atoms with van der Waals surface area (Å²) in [7, 11) is 0. The van der Waals surface area contributed by atoms with Crippen LogP contribution < -0.4 is 10.2 Å². The Morgan fingerprint density at radius 2 is 0.761 bits per heavy atom. The fraction of sp³-hybridized carbons (Fsp3) is 0.0147. The van der Waals surface area contributed by atoms with E-state index in [2.05, 4.69) is 271 Å². The highest BCUT2D eigenvalue weighted by molar-refractivity contribution is 6.23. The van der Waals surface area contributed by atoms with Gasteiger partial charge in [0, 0.05) is 27.6 Å². The molecule has 1 N–H and O–H groups in total. The van der Waals surface area contributed by atoms with Crippen molar-refractivity contribution in [3.05, 3.63) is 278 Å². The van der Waals surface area contributed by atoms with Crippen molar-refractivity contribution in [3.63, 3.8) is 0 Å². The number of fused-ring (bicyclic) bond motifs is 9. The molecule has 71 heavy (non-hydrogen) atoms. The molecule has 0 saturated carbocycles. The van der Waals surface area contributed by atoms with Crippen molar-refractivity contribution in [1.29, 1.82) is 0 Å². The highest BCUT2D eigenvalue weighted by Crippen LogP contribution is 2.47. The van der Waals surface area contributed by atoms with E-state index in [0.717, 1.165) is 61.3 Å². The SMILES string of the molecule is c1ccc(C2=C(c3ccccc3)N(c3ccc(-c4cc(-c5cc6ccccc6c6ccccc56)c5cc(-c6cc7ccccc7c7ccccc67)c6ccccc6c5n4)cc3)C(c3ccccc3)N2)cc1. The van der Waals surface area contributed by atoms with Gasteiger partial charge in [0.15, 0.2) is 0 Å². The highest BCUT2D eigenvalue weighted by atomic mass is 15.3. The standard InChI is InChI=1S/C68H45N3/c1-4-20-45(21-5-1)65-67(46-22-6-2-7-23-46)71(68(70-65)47-24-8-3-9-25-47)50-38-36-44(37-39-50)64-43-62(60-41-49-27-11-13-29-52(49)54-31-15-17-33-56(54)60)63-42-61(57-34-18-19-35-58(57)66(63)69-64)59-40-48-26-10-12-28-51(48)53-30-14-16-32-55(53)59/h1-43,68,70H. The van der Waals surface area contributed by atoms with E-state index in [1.54, 1.807) is 0 Å². The molecule has 332 valence electrons. The van der Waals surface area contributed by atoms with Crippen LogP contribution in [-0.2, 0) is 0 Å². The lowest BCUT2D eigenvalue weighted by atomic mass is 9.86. The summed E-state index contributed by atoms with van der Waals surface area (Å²) in [5.41, 5.74) is 14.5. The van der Waals surface area contributed by atoms with E-state index in [0.29, 0.717) is 0 Å². The Morgan fingerprint density at radius 3 is 1.34 bits per heavy atom. The van der Waals surface area contributed by atoms with Crippen LogP contribution in [0, 0.1) is 0 Å². The summed E-state index contributed by atoms with van der Waals surface area (Å²) in [5.74, 6) is 0. The number of pyridine rings is 1. The summed E-state index contributed by atoms with van der Waals surface area (Å²) in [6, 6.07) is 95.0. The molecule has 0 bridgehead atoms. The molecule has 0 radical (unpaired) electrons. The first-order valence-corrected chi connectivity index (χ1v) is 24.5. The van der Waals surface area contributed by atoms with Crippen LogP contribution in [0.1, 0.15) is 22.9 Å². The Balaban J connectivity index is 1.01. The number of nitrogens with zero attached hydrogens (tertiary/aromatic N) is 2. The number of nitrogens with one attached hydrogen (secondary N) is 1. The van der Waals surface area contributed by atoms with Crippen molar-refractivity contribution in [2.24, 2.45) is 0 Å². The molecule has 1 aromatic heterocycles. The normalized spacial score (nSPS) is 13.8. The van der Waals surface area contributed by atoms with Crippen molar-refractivity contribution < 1.29 is 0 Å². The maximum Gasteiger partial charge on any atom is 0.130 e. The van der Waals surface area contributed by atoms with E-state index < -0.39 is 0 Å². The van der Waals surface area contributed by atoms with Gasteiger partial charge in [-0.2, -0.15) is 0 Å². The predicted octanol–water partition coefficient (Wildman–Crippen LogP) is 17.6. The van der Waals surface area contributed by atoms with Crippen molar-refractivity contribution in [2.75, 3.05) is 4.90 Å². The van der Waals surface area contributed by atoms with Gasteiger partial charge >= 0.3 is 0 Å². The maximum atomic E-state index is 5.72. The molecule has 3 heteroatoms. The van der Waals surface area contributed by atoms with Gasteiger partial charge in [0.25, 0.3) is 0 Å². The zero-order chi connectivity index (χ0) is 46.8. The third-order valence-corrected chi connectivity index (χ3v) is 14.6. The molecule has 0 aliphatic carbocycles. The molecule has 0 saturated heterocycles. The number of hydrogen-bond acceptors (Lipinski definition) is 3. The number of anilines is 1. The summed E-state index contributed by atoms with van der Waals surface area (Å²) < 4.78 is 0. The minimum Gasteiger partial charge on any atom is -0.359 e. The number of aromatic nitrogens is 1. The van der Waals surface area contributed by atoms with E-state index >= 15 is 0 Å². The molecular formula is C68H45N3. The maximum absolute atomic E-state index is 5.72. The first kappa shape index (κ1) is 40.7. The van der Waals surface area contributed by atoms with Gasteiger partial charge in [0.2, 0.25) is 0 Å². The second-order valence-corrected chi connectivity index (χ2v) is 18.6. The van der Waals surface area contributed by atoms with E-state index in [4.69, 9.17) is 4.98 Å². The Morgan fingerprint density at radius 1 is 0.324 bits per heavy atom. The second kappa shape index (κ2) is 16.7. The molecule has 1 unspecified atom stereocenters. The van der Waals surface area contributed by atoms with Crippen molar-refractivity contribution in [2.45, 2.75) is 6.17 Å². The molecule has 12 aromatic carbocycles. The molecule has 14 rings (SSSR count). The quantitative estimate of drug-likeness (QED) is 0.162. The molecular weight excluding hydrogens is 859 g/mol.